The molecule has 1 fully saturated rings. The summed E-state index contributed by atoms with van der Waals surface area (Å²) in [6, 6.07) is 8.98. The van der Waals surface area contributed by atoms with Crippen LogP contribution in [0.15, 0.2) is 24.3 Å². The molecule has 0 aromatic heterocycles. The van der Waals surface area contributed by atoms with Crippen molar-refractivity contribution in [1.29, 1.82) is 0 Å². The minimum atomic E-state index is 0.389. The highest BCUT2D eigenvalue weighted by Crippen LogP contribution is 2.29. The summed E-state index contributed by atoms with van der Waals surface area (Å²) in [6.07, 6.45) is 4.70. The molecular weight excluding hydrogens is 262 g/mol. The van der Waals surface area contributed by atoms with Crippen molar-refractivity contribution in [3.63, 3.8) is 0 Å². The predicted octanol–water partition coefficient (Wildman–Crippen LogP) is 3.94. The molecule has 1 heterocycles. The molecule has 0 saturated carbocycles. The van der Waals surface area contributed by atoms with E-state index in [1.54, 1.807) is 0 Å². The van der Waals surface area contributed by atoms with E-state index in [0.717, 1.165) is 38.5 Å². The lowest BCUT2D eigenvalue weighted by Crippen LogP contribution is -2.33. The quantitative estimate of drug-likeness (QED) is 0.736. The molecule has 3 heteroatoms. The summed E-state index contributed by atoms with van der Waals surface area (Å²) < 4.78 is 11.4. The Balaban J connectivity index is 1.98. The van der Waals surface area contributed by atoms with Gasteiger partial charge in [-0.25, -0.2) is 0 Å². The third kappa shape index (κ3) is 5.01. The second kappa shape index (κ2) is 9.06. The molecule has 0 aliphatic carbocycles. The molecule has 1 aromatic rings. The largest absolute Gasteiger partial charge is 0.494 e. The van der Waals surface area contributed by atoms with Crippen molar-refractivity contribution in [3.8, 4) is 5.75 Å². The molecule has 0 radical (unpaired) electrons. The van der Waals surface area contributed by atoms with Gasteiger partial charge in [-0.15, -0.1) is 0 Å². The Bertz CT molecular complexity index is 385. The molecular formula is C18H29NO2. The zero-order valence-corrected chi connectivity index (χ0v) is 13.4. The fourth-order valence-corrected chi connectivity index (χ4v) is 2.91. The van der Waals surface area contributed by atoms with Crippen LogP contribution in [0.1, 0.15) is 51.1 Å². The van der Waals surface area contributed by atoms with Crippen molar-refractivity contribution in [2.24, 2.45) is 5.92 Å². The highest BCUT2D eigenvalue weighted by molar-refractivity contribution is 5.29. The molecule has 1 aliphatic heterocycles. The van der Waals surface area contributed by atoms with Gasteiger partial charge in [0, 0.05) is 18.6 Å². The van der Waals surface area contributed by atoms with E-state index in [2.05, 4.69) is 43.4 Å². The zero-order valence-electron chi connectivity index (χ0n) is 13.4. The lowest BCUT2D eigenvalue weighted by atomic mass is 9.88. The number of unbranched alkanes of at least 4 members (excludes halogenated alkanes) is 1. The van der Waals surface area contributed by atoms with Crippen molar-refractivity contribution < 1.29 is 9.47 Å². The molecule has 2 rings (SSSR count). The van der Waals surface area contributed by atoms with E-state index in [9.17, 15) is 0 Å². The highest BCUT2D eigenvalue weighted by atomic mass is 16.5. The molecule has 1 N–H and O–H groups in total. The van der Waals surface area contributed by atoms with Crippen LogP contribution in [0.5, 0.6) is 5.75 Å². The van der Waals surface area contributed by atoms with Crippen LogP contribution in [0, 0.1) is 5.92 Å². The van der Waals surface area contributed by atoms with Gasteiger partial charge in [0.1, 0.15) is 5.75 Å². The zero-order chi connectivity index (χ0) is 14.9. The Hall–Kier alpha value is -1.06. The molecule has 2 unspecified atom stereocenters. The Labute approximate surface area is 129 Å². The van der Waals surface area contributed by atoms with Crippen LogP contribution in [-0.4, -0.2) is 26.4 Å². The Kier molecular flexibility index (Phi) is 7.04. The molecule has 118 valence electrons. The molecule has 0 spiro atoms. The lowest BCUT2D eigenvalue weighted by molar-refractivity contribution is 0.0393. The van der Waals surface area contributed by atoms with Crippen LogP contribution in [0.4, 0.5) is 0 Å². The molecule has 21 heavy (non-hydrogen) atoms. The maximum absolute atomic E-state index is 5.74. The van der Waals surface area contributed by atoms with E-state index in [0.29, 0.717) is 12.0 Å². The second-order valence-corrected chi connectivity index (χ2v) is 5.78. The maximum atomic E-state index is 5.74. The fraction of sp³-hybridized carbons (Fsp3) is 0.667. The topological polar surface area (TPSA) is 30.5 Å². The van der Waals surface area contributed by atoms with Crippen molar-refractivity contribution in [2.45, 2.75) is 45.6 Å². The van der Waals surface area contributed by atoms with E-state index < -0.39 is 0 Å². The summed E-state index contributed by atoms with van der Waals surface area (Å²) in [4.78, 5) is 0. The van der Waals surface area contributed by atoms with Crippen LogP contribution in [0.2, 0.25) is 0 Å². The first-order valence-corrected chi connectivity index (χ1v) is 8.39. The van der Waals surface area contributed by atoms with E-state index >= 15 is 0 Å². The smallest absolute Gasteiger partial charge is 0.119 e. The van der Waals surface area contributed by atoms with Crippen LogP contribution in [0.25, 0.3) is 0 Å². The lowest BCUT2D eigenvalue weighted by Gasteiger charge is -2.31. The van der Waals surface area contributed by atoms with Gasteiger partial charge < -0.3 is 14.8 Å². The third-order valence-corrected chi connectivity index (χ3v) is 4.10. The number of rotatable bonds is 8. The van der Waals surface area contributed by atoms with Crippen molar-refractivity contribution >= 4 is 0 Å². The first-order valence-electron chi connectivity index (χ1n) is 8.39. The standard InChI is InChI=1S/C18H29NO2/c1-3-5-13-21-17-10-8-15(9-11-17)18(19-4-2)16-7-6-12-20-14-16/h8-11,16,18-19H,3-7,12-14H2,1-2H3. The summed E-state index contributed by atoms with van der Waals surface area (Å²) in [5.41, 5.74) is 1.34. The molecule has 0 amide bonds. The van der Waals surface area contributed by atoms with E-state index in [1.165, 1.54) is 24.8 Å². The minimum absolute atomic E-state index is 0.389. The number of benzene rings is 1. The molecule has 1 saturated heterocycles. The van der Waals surface area contributed by atoms with Gasteiger partial charge in [0.25, 0.3) is 0 Å². The number of hydrogen-bond acceptors (Lipinski definition) is 3. The van der Waals surface area contributed by atoms with Gasteiger partial charge in [0.2, 0.25) is 0 Å². The summed E-state index contributed by atoms with van der Waals surface area (Å²) in [5, 5.41) is 3.62. The fourth-order valence-electron chi connectivity index (χ4n) is 2.91. The van der Waals surface area contributed by atoms with E-state index in [1.807, 2.05) is 0 Å². The number of hydrogen-bond donors (Lipinski definition) is 1. The third-order valence-electron chi connectivity index (χ3n) is 4.10. The number of nitrogens with one attached hydrogen (secondary N) is 1. The van der Waals surface area contributed by atoms with Gasteiger partial charge in [-0.1, -0.05) is 32.4 Å². The van der Waals surface area contributed by atoms with Gasteiger partial charge in [-0.3, -0.25) is 0 Å². The molecule has 1 aromatic carbocycles. The Morgan fingerprint density at radius 3 is 2.71 bits per heavy atom. The summed E-state index contributed by atoms with van der Waals surface area (Å²) in [6.45, 7) is 7.92. The van der Waals surface area contributed by atoms with Crippen LogP contribution < -0.4 is 10.1 Å². The summed E-state index contributed by atoms with van der Waals surface area (Å²) in [7, 11) is 0. The van der Waals surface area contributed by atoms with Crippen molar-refractivity contribution in [1.82, 2.24) is 5.32 Å². The average Bonchev–Trinajstić information content (AvgIpc) is 2.54. The van der Waals surface area contributed by atoms with Gasteiger partial charge in [-0.05, 0) is 43.5 Å². The van der Waals surface area contributed by atoms with E-state index in [4.69, 9.17) is 9.47 Å². The van der Waals surface area contributed by atoms with Gasteiger partial charge in [0.15, 0.2) is 0 Å². The minimum Gasteiger partial charge on any atom is -0.494 e. The summed E-state index contributed by atoms with van der Waals surface area (Å²) in [5.74, 6) is 1.55. The Morgan fingerprint density at radius 2 is 2.10 bits per heavy atom. The summed E-state index contributed by atoms with van der Waals surface area (Å²) >= 11 is 0. The van der Waals surface area contributed by atoms with Crippen LogP contribution in [0.3, 0.4) is 0 Å². The van der Waals surface area contributed by atoms with E-state index in [-0.39, 0.29) is 0 Å². The SMILES string of the molecule is CCCCOc1ccc(C(NCC)C2CCCOC2)cc1. The maximum Gasteiger partial charge on any atom is 0.119 e. The van der Waals surface area contributed by atoms with Crippen LogP contribution in [-0.2, 0) is 4.74 Å². The molecule has 1 aliphatic rings. The molecule has 0 bridgehead atoms. The van der Waals surface area contributed by atoms with Crippen LogP contribution >= 0.6 is 0 Å². The predicted molar refractivity (Wildman–Crippen MR) is 86.8 cm³/mol. The second-order valence-electron chi connectivity index (χ2n) is 5.78. The Morgan fingerprint density at radius 1 is 1.29 bits per heavy atom. The average molecular weight is 291 g/mol. The van der Waals surface area contributed by atoms with Gasteiger partial charge in [-0.2, -0.15) is 0 Å². The van der Waals surface area contributed by atoms with Crippen molar-refractivity contribution in [2.75, 3.05) is 26.4 Å². The first kappa shape index (κ1) is 16.3. The number of ether oxygens (including phenoxy) is 2. The molecule has 2 atom stereocenters. The highest BCUT2D eigenvalue weighted by Gasteiger charge is 2.24. The monoisotopic (exact) mass is 291 g/mol. The molecule has 3 nitrogen and oxygen atoms in total. The van der Waals surface area contributed by atoms with Gasteiger partial charge >= 0.3 is 0 Å². The van der Waals surface area contributed by atoms with Crippen molar-refractivity contribution in [3.05, 3.63) is 29.8 Å². The normalized spacial score (nSPS) is 20.2. The van der Waals surface area contributed by atoms with Gasteiger partial charge in [0.05, 0.1) is 13.2 Å². The first-order chi connectivity index (χ1) is 10.3.